The summed E-state index contributed by atoms with van der Waals surface area (Å²) in [4.78, 5) is 14.0. The number of hydrogen-bond donors (Lipinski definition) is 1. The van der Waals surface area contributed by atoms with Gasteiger partial charge in [0.15, 0.2) is 0 Å². The molecule has 104 valence electrons. The van der Waals surface area contributed by atoms with E-state index in [1.54, 1.807) is 18.2 Å². The third kappa shape index (κ3) is 3.77. The first-order chi connectivity index (χ1) is 9.20. The number of nitrogens with zero attached hydrogens (tertiary/aromatic N) is 1. The molecule has 4 heteroatoms. The molecular weight excluding hydrogens is 243 g/mol. The van der Waals surface area contributed by atoms with Crippen LogP contribution in [0.3, 0.4) is 0 Å². The summed E-state index contributed by atoms with van der Waals surface area (Å²) in [6.45, 7) is 4.40. The van der Waals surface area contributed by atoms with Crippen LogP contribution in [-0.4, -0.2) is 36.5 Å². The number of amides is 1. The fourth-order valence-electron chi connectivity index (χ4n) is 2.50. The maximum Gasteiger partial charge on any atom is 0.227 e. The molecule has 3 nitrogen and oxygen atoms in total. The van der Waals surface area contributed by atoms with Crippen molar-refractivity contribution in [2.75, 3.05) is 19.6 Å². The molecule has 1 atom stereocenters. The summed E-state index contributed by atoms with van der Waals surface area (Å²) in [7, 11) is 0. The molecule has 1 heterocycles. The van der Waals surface area contributed by atoms with Crippen LogP contribution in [0.5, 0.6) is 0 Å². The highest BCUT2D eigenvalue weighted by molar-refractivity contribution is 5.78. The van der Waals surface area contributed by atoms with Crippen LogP contribution in [0.1, 0.15) is 25.3 Å². The molecule has 0 spiro atoms. The second-order valence-corrected chi connectivity index (χ2v) is 4.99. The molecule has 0 aromatic heterocycles. The molecule has 0 saturated carbocycles. The Labute approximate surface area is 113 Å². The van der Waals surface area contributed by atoms with Crippen molar-refractivity contribution in [2.45, 2.75) is 32.2 Å². The molecule has 1 amide bonds. The van der Waals surface area contributed by atoms with E-state index < -0.39 is 0 Å². The van der Waals surface area contributed by atoms with E-state index in [9.17, 15) is 9.18 Å². The van der Waals surface area contributed by atoms with E-state index in [-0.39, 0.29) is 18.1 Å². The van der Waals surface area contributed by atoms with Gasteiger partial charge in [-0.15, -0.1) is 0 Å². The molecule has 1 fully saturated rings. The lowest BCUT2D eigenvalue weighted by atomic mass is 10.1. The van der Waals surface area contributed by atoms with Gasteiger partial charge < -0.3 is 10.2 Å². The van der Waals surface area contributed by atoms with Crippen LogP contribution in [0.2, 0.25) is 0 Å². The predicted molar refractivity (Wildman–Crippen MR) is 73.4 cm³/mol. The maximum absolute atomic E-state index is 13.5. The van der Waals surface area contributed by atoms with Gasteiger partial charge in [0.25, 0.3) is 0 Å². The van der Waals surface area contributed by atoms with Gasteiger partial charge in [0.05, 0.1) is 6.42 Å². The fourth-order valence-corrected chi connectivity index (χ4v) is 2.50. The Kier molecular flexibility index (Phi) is 4.91. The van der Waals surface area contributed by atoms with E-state index in [1.807, 2.05) is 11.8 Å². The smallest absolute Gasteiger partial charge is 0.227 e. The SMILES string of the molecule is CCN(CC1CCCN1)C(=O)Cc1ccccc1F. The average molecular weight is 264 g/mol. The zero-order valence-electron chi connectivity index (χ0n) is 11.4. The maximum atomic E-state index is 13.5. The van der Waals surface area contributed by atoms with E-state index >= 15 is 0 Å². The van der Waals surface area contributed by atoms with Crippen molar-refractivity contribution in [2.24, 2.45) is 0 Å². The highest BCUT2D eigenvalue weighted by Crippen LogP contribution is 2.11. The Hall–Kier alpha value is -1.42. The first-order valence-electron chi connectivity index (χ1n) is 6.95. The number of nitrogens with one attached hydrogen (secondary N) is 1. The Morgan fingerprint density at radius 1 is 1.47 bits per heavy atom. The van der Waals surface area contributed by atoms with Gasteiger partial charge in [0.1, 0.15) is 5.82 Å². The summed E-state index contributed by atoms with van der Waals surface area (Å²) in [5.41, 5.74) is 0.477. The fraction of sp³-hybridized carbons (Fsp3) is 0.533. The minimum atomic E-state index is -0.300. The van der Waals surface area contributed by atoms with Crippen molar-refractivity contribution in [1.29, 1.82) is 0 Å². The molecule has 1 aromatic carbocycles. The molecule has 2 rings (SSSR count). The first-order valence-corrected chi connectivity index (χ1v) is 6.95. The largest absolute Gasteiger partial charge is 0.341 e. The number of hydrogen-bond acceptors (Lipinski definition) is 2. The Bertz CT molecular complexity index is 430. The molecule has 19 heavy (non-hydrogen) atoms. The van der Waals surface area contributed by atoms with Gasteiger partial charge in [0, 0.05) is 19.1 Å². The van der Waals surface area contributed by atoms with Crippen LogP contribution >= 0.6 is 0 Å². The molecule has 1 unspecified atom stereocenters. The van der Waals surface area contributed by atoms with Crippen LogP contribution in [0.4, 0.5) is 4.39 Å². The van der Waals surface area contributed by atoms with Crippen LogP contribution in [0.25, 0.3) is 0 Å². The lowest BCUT2D eigenvalue weighted by Crippen LogP contribution is -2.41. The van der Waals surface area contributed by atoms with Crippen LogP contribution in [0, 0.1) is 5.82 Å². The Balaban J connectivity index is 1.94. The summed E-state index contributed by atoms with van der Waals surface area (Å²) in [6.07, 6.45) is 2.43. The monoisotopic (exact) mass is 264 g/mol. The molecule has 1 saturated heterocycles. The van der Waals surface area contributed by atoms with Crippen LogP contribution in [-0.2, 0) is 11.2 Å². The molecule has 1 aliphatic rings. The molecule has 1 N–H and O–H groups in total. The van der Waals surface area contributed by atoms with E-state index in [4.69, 9.17) is 0 Å². The van der Waals surface area contributed by atoms with E-state index in [1.165, 1.54) is 12.5 Å². The lowest BCUT2D eigenvalue weighted by Gasteiger charge is -2.24. The van der Waals surface area contributed by atoms with Gasteiger partial charge in [-0.2, -0.15) is 0 Å². The van der Waals surface area contributed by atoms with Gasteiger partial charge in [0.2, 0.25) is 5.91 Å². The van der Waals surface area contributed by atoms with Crippen LogP contribution < -0.4 is 5.32 Å². The minimum Gasteiger partial charge on any atom is -0.341 e. The van der Waals surface area contributed by atoms with Crippen molar-refractivity contribution >= 4 is 5.91 Å². The topological polar surface area (TPSA) is 32.3 Å². The zero-order chi connectivity index (χ0) is 13.7. The third-order valence-corrected chi connectivity index (χ3v) is 3.64. The summed E-state index contributed by atoms with van der Waals surface area (Å²) in [6, 6.07) is 6.88. The van der Waals surface area contributed by atoms with Crippen molar-refractivity contribution in [3.8, 4) is 0 Å². The molecule has 1 aromatic rings. The highest BCUT2D eigenvalue weighted by atomic mass is 19.1. The second kappa shape index (κ2) is 6.66. The predicted octanol–water partition coefficient (Wildman–Crippen LogP) is 1.97. The van der Waals surface area contributed by atoms with Crippen molar-refractivity contribution in [1.82, 2.24) is 10.2 Å². The van der Waals surface area contributed by atoms with Crippen molar-refractivity contribution in [3.63, 3.8) is 0 Å². The molecule has 0 aliphatic carbocycles. The number of benzene rings is 1. The first kappa shape index (κ1) is 14.0. The number of rotatable bonds is 5. The van der Waals surface area contributed by atoms with E-state index in [0.29, 0.717) is 18.2 Å². The normalized spacial score (nSPS) is 18.5. The van der Waals surface area contributed by atoms with E-state index in [0.717, 1.165) is 19.5 Å². The van der Waals surface area contributed by atoms with Crippen molar-refractivity contribution in [3.05, 3.63) is 35.6 Å². The molecule has 0 bridgehead atoms. The van der Waals surface area contributed by atoms with Crippen LogP contribution in [0.15, 0.2) is 24.3 Å². The second-order valence-electron chi connectivity index (χ2n) is 4.99. The molecular formula is C15H21FN2O. The number of likely N-dealkylation sites (N-methyl/N-ethyl adjacent to an activating group) is 1. The highest BCUT2D eigenvalue weighted by Gasteiger charge is 2.21. The zero-order valence-corrected chi connectivity index (χ0v) is 11.4. The third-order valence-electron chi connectivity index (χ3n) is 3.64. The van der Waals surface area contributed by atoms with Gasteiger partial charge in [-0.25, -0.2) is 4.39 Å². The number of carbonyl (C=O) groups is 1. The van der Waals surface area contributed by atoms with Gasteiger partial charge in [-0.1, -0.05) is 18.2 Å². The van der Waals surface area contributed by atoms with E-state index in [2.05, 4.69) is 5.32 Å². The van der Waals surface area contributed by atoms with Gasteiger partial charge >= 0.3 is 0 Å². The Morgan fingerprint density at radius 2 is 2.26 bits per heavy atom. The molecule has 1 aliphatic heterocycles. The van der Waals surface area contributed by atoms with Gasteiger partial charge in [-0.05, 0) is 37.9 Å². The minimum absolute atomic E-state index is 0.00120. The summed E-state index contributed by atoms with van der Waals surface area (Å²) >= 11 is 0. The number of halogens is 1. The summed E-state index contributed by atoms with van der Waals surface area (Å²) < 4.78 is 13.5. The Morgan fingerprint density at radius 3 is 2.89 bits per heavy atom. The molecule has 0 radical (unpaired) electrons. The van der Waals surface area contributed by atoms with Gasteiger partial charge in [-0.3, -0.25) is 4.79 Å². The standard InChI is InChI=1S/C15H21FN2O/c1-2-18(11-13-7-5-9-17-13)15(19)10-12-6-3-4-8-14(12)16/h3-4,6,8,13,17H,2,5,7,9-11H2,1H3. The summed E-state index contributed by atoms with van der Waals surface area (Å²) in [5, 5.41) is 3.38. The number of carbonyl (C=O) groups excluding carboxylic acids is 1. The average Bonchev–Trinajstić information content (AvgIpc) is 2.91. The summed E-state index contributed by atoms with van der Waals surface area (Å²) in [5.74, 6) is -0.299. The quantitative estimate of drug-likeness (QED) is 0.882. The lowest BCUT2D eigenvalue weighted by molar-refractivity contribution is -0.130. The van der Waals surface area contributed by atoms with Crippen molar-refractivity contribution < 1.29 is 9.18 Å².